The van der Waals surface area contributed by atoms with E-state index in [1.807, 2.05) is 30.3 Å². The highest BCUT2D eigenvalue weighted by molar-refractivity contribution is 9.11. The molecule has 1 amide bonds. The van der Waals surface area contributed by atoms with Crippen LogP contribution in [0.4, 0.5) is 5.69 Å². The lowest BCUT2D eigenvalue weighted by molar-refractivity contribution is 0.102. The molecule has 0 saturated carbocycles. The molecule has 0 saturated heterocycles. The summed E-state index contributed by atoms with van der Waals surface area (Å²) < 4.78 is 3.39. The predicted octanol–water partition coefficient (Wildman–Crippen LogP) is 5.99. The molecule has 98 valence electrons. The summed E-state index contributed by atoms with van der Waals surface area (Å²) in [5.41, 5.74) is 1.30. The van der Waals surface area contributed by atoms with E-state index in [-0.39, 0.29) is 5.91 Å². The molecule has 19 heavy (non-hydrogen) atoms. The minimum absolute atomic E-state index is 0.168. The number of benzene rings is 2. The molecule has 0 aliphatic heterocycles. The van der Waals surface area contributed by atoms with E-state index in [4.69, 9.17) is 0 Å². The van der Waals surface area contributed by atoms with E-state index in [0.717, 1.165) is 17.9 Å². The fourth-order valence-electron chi connectivity index (χ4n) is 1.46. The summed E-state index contributed by atoms with van der Waals surface area (Å²) in [7, 11) is 0. The molecule has 0 heterocycles. The minimum atomic E-state index is -0.168. The highest BCUT2D eigenvalue weighted by atomic mass is 79.9. The van der Waals surface area contributed by atoms with Gasteiger partial charge in [-0.3, -0.25) is 4.79 Å². The molecule has 0 fully saturated rings. The maximum atomic E-state index is 12.2. The van der Waals surface area contributed by atoms with E-state index < -0.39 is 0 Å². The van der Waals surface area contributed by atoms with Crippen LogP contribution in [-0.4, -0.2) is 5.91 Å². The third-order valence-electron chi connectivity index (χ3n) is 2.35. The Morgan fingerprint density at radius 2 is 1.47 bits per heavy atom. The average molecular weight is 513 g/mol. The number of halogens is 4. The zero-order valence-electron chi connectivity index (χ0n) is 9.38. The Labute approximate surface area is 144 Å². The molecule has 0 unspecified atom stereocenters. The van der Waals surface area contributed by atoms with Gasteiger partial charge < -0.3 is 5.32 Å². The lowest BCUT2D eigenvalue weighted by atomic mass is 10.2. The smallest absolute Gasteiger partial charge is 0.256 e. The summed E-state index contributed by atoms with van der Waals surface area (Å²) in [6.45, 7) is 0. The van der Waals surface area contributed by atoms with E-state index >= 15 is 0 Å². The Hall–Kier alpha value is -0.170. The van der Waals surface area contributed by atoms with Crippen LogP contribution in [0.3, 0.4) is 0 Å². The average Bonchev–Trinajstić information content (AvgIpc) is 2.33. The summed E-state index contributed by atoms with van der Waals surface area (Å²) in [6, 6.07) is 11.0. The molecule has 0 aliphatic carbocycles. The van der Waals surface area contributed by atoms with E-state index in [9.17, 15) is 4.79 Å². The molecule has 0 aromatic heterocycles. The van der Waals surface area contributed by atoms with E-state index in [2.05, 4.69) is 69.0 Å². The quantitative estimate of drug-likeness (QED) is 0.526. The molecule has 0 radical (unpaired) electrons. The number of nitrogens with one attached hydrogen (secondary N) is 1. The fraction of sp³-hybridized carbons (Fsp3) is 0. The first-order valence-electron chi connectivity index (χ1n) is 5.19. The van der Waals surface area contributed by atoms with Crippen molar-refractivity contribution in [1.29, 1.82) is 0 Å². The van der Waals surface area contributed by atoms with Crippen LogP contribution in [0.1, 0.15) is 10.4 Å². The number of hydrogen-bond donors (Lipinski definition) is 1. The molecule has 2 nitrogen and oxygen atoms in total. The van der Waals surface area contributed by atoms with Gasteiger partial charge in [0.2, 0.25) is 0 Å². The third kappa shape index (κ3) is 3.90. The molecule has 0 aliphatic rings. The van der Waals surface area contributed by atoms with Crippen molar-refractivity contribution < 1.29 is 4.79 Å². The zero-order valence-corrected chi connectivity index (χ0v) is 15.7. The van der Waals surface area contributed by atoms with Gasteiger partial charge >= 0.3 is 0 Å². The summed E-state index contributed by atoms with van der Waals surface area (Å²) in [5, 5.41) is 2.87. The zero-order chi connectivity index (χ0) is 14.0. The van der Waals surface area contributed by atoms with Crippen LogP contribution in [-0.2, 0) is 0 Å². The number of hydrogen-bond acceptors (Lipinski definition) is 1. The van der Waals surface area contributed by atoms with Crippen LogP contribution in [0.5, 0.6) is 0 Å². The first-order valence-corrected chi connectivity index (χ1v) is 8.36. The van der Waals surface area contributed by atoms with Crippen LogP contribution in [0.2, 0.25) is 0 Å². The topological polar surface area (TPSA) is 29.1 Å². The Balaban J connectivity index is 2.28. The molecule has 2 aromatic rings. The summed E-state index contributed by atoms with van der Waals surface area (Å²) in [5.74, 6) is -0.168. The number of rotatable bonds is 2. The van der Waals surface area contributed by atoms with Crippen LogP contribution in [0.25, 0.3) is 0 Å². The van der Waals surface area contributed by atoms with Crippen LogP contribution < -0.4 is 5.32 Å². The Bertz CT molecular complexity index is 643. The van der Waals surface area contributed by atoms with Gasteiger partial charge in [-0.1, -0.05) is 31.9 Å². The second-order valence-electron chi connectivity index (χ2n) is 3.70. The number of anilines is 1. The van der Waals surface area contributed by atoms with Crippen LogP contribution in [0.15, 0.2) is 54.3 Å². The Kier molecular flexibility index (Phi) is 5.22. The Morgan fingerprint density at radius 3 is 2.16 bits per heavy atom. The van der Waals surface area contributed by atoms with Crippen molar-refractivity contribution in [2.45, 2.75) is 0 Å². The van der Waals surface area contributed by atoms with Gasteiger partial charge in [-0.2, -0.15) is 0 Å². The van der Waals surface area contributed by atoms with Gasteiger partial charge in [0, 0.05) is 17.9 Å². The van der Waals surface area contributed by atoms with E-state index in [1.54, 1.807) is 6.07 Å². The van der Waals surface area contributed by atoms with Crippen molar-refractivity contribution in [3.63, 3.8) is 0 Å². The van der Waals surface area contributed by atoms with Crippen LogP contribution >= 0.6 is 63.7 Å². The minimum Gasteiger partial charge on any atom is -0.321 e. The second kappa shape index (κ2) is 6.52. The molecule has 1 N–H and O–H groups in total. The lowest BCUT2D eigenvalue weighted by Gasteiger charge is -2.09. The molecule has 2 aromatic carbocycles. The molecular weight excluding hydrogens is 506 g/mol. The van der Waals surface area contributed by atoms with Crippen molar-refractivity contribution in [3.8, 4) is 0 Å². The predicted molar refractivity (Wildman–Crippen MR) is 91.6 cm³/mol. The standard InChI is InChI=1S/C13H7Br4NO/c14-7-1-3-9(11(17)5-7)13(19)18-12-6-8(15)2-4-10(12)16/h1-6H,(H,18,19). The van der Waals surface area contributed by atoms with Crippen LogP contribution in [0, 0.1) is 0 Å². The van der Waals surface area contributed by atoms with Gasteiger partial charge in [-0.25, -0.2) is 0 Å². The highest BCUT2D eigenvalue weighted by Crippen LogP contribution is 2.28. The number of carbonyl (C=O) groups is 1. The molecule has 2 rings (SSSR count). The van der Waals surface area contributed by atoms with E-state index in [1.165, 1.54) is 0 Å². The summed E-state index contributed by atoms with van der Waals surface area (Å²) in [4.78, 5) is 12.2. The number of amides is 1. The van der Waals surface area contributed by atoms with Crippen molar-refractivity contribution >= 4 is 75.3 Å². The van der Waals surface area contributed by atoms with Crippen molar-refractivity contribution in [3.05, 3.63) is 59.9 Å². The largest absolute Gasteiger partial charge is 0.321 e. The maximum Gasteiger partial charge on any atom is 0.256 e. The van der Waals surface area contributed by atoms with Crippen molar-refractivity contribution in [2.24, 2.45) is 0 Å². The van der Waals surface area contributed by atoms with Crippen molar-refractivity contribution in [1.82, 2.24) is 0 Å². The fourth-order valence-corrected chi connectivity index (χ4v) is 3.39. The SMILES string of the molecule is O=C(Nc1cc(Br)ccc1Br)c1ccc(Br)cc1Br. The normalized spacial score (nSPS) is 10.3. The van der Waals surface area contributed by atoms with Crippen molar-refractivity contribution in [2.75, 3.05) is 5.32 Å². The molecule has 6 heteroatoms. The maximum absolute atomic E-state index is 12.2. The lowest BCUT2D eigenvalue weighted by Crippen LogP contribution is -2.12. The van der Waals surface area contributed by atoms with Gasteiger partial charge in [-0.05, 0) is 68.3 Å². The summed E-state index contributed by atoms with van der Waals surface area (Å²) >= 11 is 13.5. The van der Waals surface area contributed by atoms with Gasteiger partial charge in [0.25, 0.3) is 5.91 Å². The highest BCUT2D eigenvalue weighted by Gasteiger charge is 2.12. The number of carbonyl (C=O) groups excluding carboxylic acids is 1. The summed E-state index contributed by atoms with van der Waals surface area (Å²) in [6.07, 6.45) is 0. The first kappa shape index (κ1) is 15.2. The van der Waals surface area contributed by atoms with Gasteiger partial charge in [0.15, 0.2) is 0 Å². The monoisotopic (exact) mass is 509 g/mol. The molecular formula is C13H7Br4NO. The molecule has 0 bridgehead atoms. The molecule has 0 spiro atoms. The third-order valence-corrected chi connectivity index (χ3v) is 4.69. The molecule has 0 atom stereocenters. The van der Waals surface area contributed by atoms with Gasteiger partial charge in [0.05, 0.1) is 11.3 Å². The van der Waals surface area contributed by atoms with E-state index in [0.29, 0.717) is 11.3 Å². The van der Waals surface area contributed by atoms with Gasteiger partial charge in [-0.15, -0.1) is 0 Å². The first-order chi connectivity index (χ1) is 8.97. The second-order valence-corrected chi connectivity index (χ2v) is 7.24. The van der Waals surface area contributed by atoms with Gasteiger partial charge in [0.1, 0.15) is 0 Å². The Morgan fingerprint density at radius 1 is 0.842 bits per heavy atom.